The van der Waals surface area contributed by atoms with Crippen LogP contribution in [0.25, 0.3) is 0 Å². The predicted molar refractivity (Wildman–Crippen MR) is 94.7 cm³/mol. The van der Waals surface area contributed by atoms with E-state index in [1.807, 2.05) is 36.4 Å². The first-order valence-corrected chi connectivity index (χ1v) is 7.92. The van der Waals surface area contributed by atoms with Crippen molar-refractivity contribution >= 4 is 11.6 Å². The Morgan fingerprint density at radius 1 is 0.826 bits per heavy atom. The summed E-state index contributed by atoms with van der Waals surface area (Å²) in [5.41, 5.74) is 3.15. The average Bonchev–Trinajstić information content (AvgIpc) is 2.60. The second-order valence-electron chi connectivity index (χ2n) is 5.41. The molecule has 0 atom stereocenters. The Morgan fingerprint density at radius 2 is 1.39 bits per heavy atom. The van der Waals surface area contributed by atoms with Crippen LogP contribution in [0.2, 0.25) is 5.02 Å². The number of halogens is 1. The summed E-state index contributed by atoms with van der Waals surface area (Å²) in [4.78, 5) is 0. The van der Waals surface area contributed by atoms with Crippen LogP contribution in [0.1, 0.15) is 22.7 Å². The highest BCUT2D eigenvalue weighted by molar-refractivity contribution is 6.30. The highest BCUT2D eigenvalue weighted by Crippen LogP contribution is 2.25. The molecule has 0 saturated heterocycles. The lowest BCUT2D eigenvalue weighted by atomic mass is 9.98. The van der Waals surface area contributed by atoms with Crippen LogP contribution in [0.5, 0.6) is 5.75 Å². The van der Waals surface area contributed by atoms with Gasteiger partial charge in [-0.2, -0.15) is 0 Å². The lowest BCUT2D eigenvalue weighted by Gasteiger charge is -2.20. The van der Waals surface area contributed by atoms with E-state index in [0.717, 1.165) is 5.56 Å². The zero-order chi connectivity index (χ0) is 16.1. The molecule has 0 bridgehead atoms. The number of benzene rings is 3. The third-order valence-electron chi connectivity index (χ3n) is 3.80. The van der Waals surface area contributed by atoms with Gasteiger partial charge in [-0.05, 0) is 29.3 Å². The molecule has 2 N–H and O–H groups in total. The van der Waals surface area contributed by atoms with Crippen molar-refractivity contribution in [1.29, 1.82) is 0 Å². The Morgan fingerprint density at radius 3 is 1.96 bits per heavy atom. The second kappa shape index (κ2) is 7.32. The maximum Gasteiger partial charge on any atom is 0.120 e. The molecule has 0 saturated carbocycles. The van der Waals surface area contributed by atoms with Gasteiger partial charge >= 0.3 is 0 Å². The van der Waals surface area contributed by atoms with Crippen LogP contribution in [0.3, 0.4) is 0 Å². The molecule has 0 heterocycles. The van der Waals surface area contributed by atoms with E-state index in [1.165, 1.54) is 11.1 Å². The molecule has 0 radical (unpaired) electrons. The van der Waals surface area contributed by atoms with Gasteiger partial charge in [0.2, 0.25) is 0 Å². The lowest BCUT2D eigenvalue weighted by molar-refractivity contribution is 0.462. The fourth-order valence-electron chi connectivity index (χ4n) is 2.63. The van der Waals surface area contributed by atoms with Crippen LogP contribution in [0.4, 0.5) is 0 Å². The first-order valence-electron chi connectivity index (χ1n) is 7.55. The van der Waals surface area contributed by atoms with E-state index in [0.29, 0.717) is 11.6 Å². The molecule has 0 unspecified atom stereocenters. The highest BCUT2D eigenvalue weighted by atomic mass is 35.5. The van der Waals surface area contributed by atoms with Gasteiger partial charge < -0.3 is 10.4 Å². The van der Waals surface area contributed by atoms with Gasteiger partial charge in [0, 0.05) is 17.1 Å². The molecule has 0 spiro atoms. The maximum atomic E-state index is 9.99. The van der Waals surface area contributed by atoms with Crippen molar-refractivity contribution in [2.24, 2.45) is 0 Å². The van der Waals surface area contributed by atoms with Crippen molar-refractivity contribution in [3.63, 3.8) is 0 Å². The molecule has 3 aromatic rings. The molecule has 0 aliphatic carbocycles. The molecule has 0 fully saturated rings. The molecule has 3 aromatic carbocycles. The Kier molecular flexibility index (Phi) is 4.96. The van der Waals surface area contributed by atoms with Crippen molar-refractivity contribution < 1.29 is 5.11 Å². The number of nitrogens with one attached hydrogen (secondary N) is 1. The van der Waals surface area contributed by atoms with Crippen LogP contribution in [0, 0.1) is 0 Å². The van der Waals surface area contributed by atoms with Crippen LogP contribution >= 0.6 is 11.6 Å². The Labute approximate surface area is 141 Å². The van der Waals surface area contributed by atoms with Gasteiger partial charge in [-0.1, -0.05) is 72.3 Å². The monoisotopic (exact) mass is 323 g/mol. The Bertz CT molecular complexity index is 720. The summed E-state index contributed by atoms with van der Waals surface area (Å²) in [6.07, 6.45) is 0. The first-order chi connectivity index (χ1) is 11.2. The normalized spacial score (nSPS) is 10.9. The summed E-state index contributed by atoms with van der Waals surface area (Å²) in [6.45, 7) is 0.529. The standard InChI is InChI=1S/C20H18ClNO/c21-18-11-12-19(23)17(13-18)14-22-20(15-7-3-1-4-8-15)16-9-5-2-6-10-16/h1-13,20,22-23H,14H2. The van der Waals surface area contributed by atoms with E-state index in [-0.39, 0.29) is 11.8 Å². The molecular formula is C20H18ClNO. The fraction of sp³-hybridized carbons (Fsp3) is 0.100. The van der Waals surface area contributed by atoms with Crippen molar-refractivity contribution in [2.75, 3.05) is 0 Å². The number of rotatable bonds is 5. The largest absolute Gasteiger partial charge is 0.508 e. The van der Waals surface area contributed by atoms with E-state index in [9.17, 15) is 5.11 Å². The fourth-order valence-corrected chi connectivity index (χ4v) is 2.82. The van der Waals surface area contributed by atoms with Gasteiger partial charge in [0.15, 0.2) is 0 Å². The summed E-state index contributed by atoms with van der Waals surface area (Å²) in [5.74, 6) is 0.252. The minimum absolute atomic E-state index is 0.0516. The summed E-state index contributed by atoms with van der Waals surface area (Å²) >= 11 is 6.03. The van der Waals surface area contributed by atoms with Gasteiger partial charge in [-0.3, -0.25) is 0 Å². The quantitative estimate of drug-likeness (QED) is 0.698. The third kappa shape index (κ3) is 3.92. The number of hydrogen-bond donors (Lipinski definition) is 2. The number of aromatic hydroxyl groups is 1. The van der Waals surface area contributed by atoms with Gasteiger partial charge in [-0.15, -0.1) is 0 Å². The number of hydrogen-bond acceptors (Lipinski definition) is 2. The maximum absolute atomic E-state index is 9.99. The first kappa shape index (κ1) is 15.6. The Hall–Kier alpha value is -2.29. The molecule has 116 valence electrons. The van der Waals surface area contributed by atoms with Gasteiger partial charge in [0.05, 0.1) is 6.04 Å². The third-order valence-corrected chi connectivity index (χ3v) is 4.04. The zero-order valence-electron chi connectivity index (χ0n) is 12.6. The molecule has 3 rings (SSSR count). The van der Waals surface area contributed by atoms with Crippen LogP contribution < -0.4 is 5.32 Å². The Balaban J connectivity index is 1.86. The molecule has 0 aliphatic heterocycles. The van der Waals surface area contributed by atoms with Crippen LogP contribution in [0.15, 0.2) is 78.9 Å². The van der Waals surface area contributed by atoms with Crippen molar-refractivity contribution in [3.05, 3.63) is 101 Å². The minimum Gasteiger partial charge on any atom is -0.508 e. The van der Waals surface area contributed by atoms with E-state index in [1.54, 1.807) is 18.2 Å². The summed E-state index contributed by atoms with van der Waals surface area (Å²) in [7, 11) is 0. The van der Waals surface area contributed by atoms with Crippen molar-refractivity contribution in [2.45, 2.75) is 12.6 Å². The molecule has 0 amide bonds. The van der Waals surface area contributed by atoms with Gasteiger partial charge in [0.25, 0.3) is 0 Å². The molecule has 0 aromatic heterocycles. The predicted octanol–water partition coefficient (Wildman–Crippen LogP) is 4.92. The summed E-state index contributed by atoms with van der Waals surface area (Å²) in [6, 6.07) is 25.7. The van der Waals surface area contributed by atoms with Crippen LogP contribution in [-0.4, -0.2) is 5.11 Å². The van der Waals surface area contributed by atoms with Crippen LogP contribution in [-0.2, 0) is 6.54 Å². The lowest BCUT2D eigenvalue weighted by Crippen LogP contribution is -2.22. The molecule has 23 heavy (non-hydrogen) atoms. The molecule has 3 heteroatoms. The van der Waals surface area contributed by atoms with E-state index in [2.05, 4.69) is 29.6 Å². The topological polar surface area (TPSA) is 32.3 Å². The van der Waals surface area contributed by atoms with Crippen molar-refractivity contribution in [3.8, 4) is 5.75 Å². The van der Waals surface area contributed by atoms with E-state index < -0.39 is 0 Å². The smallest absolute Gasteiger partial charge is 0.120 e. The molecule has 2 nitrogen and oxygen atoms in total. The van der Waals surface area contributed by atoms with Gasteiger partial charge in [0.1, 0.15) is 5.75 Å². The van der Waals surface area contributed by atoms with E-state index >= 15 is 0 Å². The number of phenolic OH excluding ortho intramolecular Hbond substituents is 1. The van der Waals surface area contributed by atoms with Gasteiger partial charge in [-0.25, -0.2) is 0 Å². The minimum atomic E-state index is 0.0516. The SMILES string of the molecule is Oc1ccc(Cl)cc1CNC(c1ccccc1)c1ccccc1. The molecular weight excluding hydrogens is 306 g/mol. The van der Waals surface area contributed by atoms with E-state index in [4.69, 9.17) is 11.6 Å². The van der Waals surface area contributed by atoms with Crippen molar-refractivity contribution in [1.82, 2.24) is 5.32 Å². The summed E-state index contributed by atoms with van der Waals surface area (Å²) in [5, 5.41) is 14.1. The number of phenols is 1. The average molecular weight is 324 g/mol. The molecule has 0 aliphatic rings. The second-order valence-corrected chi connectivity index (χ2v) is 5.84. The summed E-state index contributed by atoms with van der Waals surface area (Å²) < 4.78 is 0. The zero-order valence-corrected chi connectivity index (χ0v) is 13.4. The highest BCUT2D eigenvalue weighted by Gasteiger charge is 2.14.